The van der Waals surface area contributed by atoms with E-state index < -0.39 is 0 Å². The van der Waals surface area contributed by atoms with Gasteiger partial charge in [0.25, 0.3) is 5.91 Å². The Morgan fingerprint density at radius 1 is 1.00 bits per heavy atom. The summed E-state index contributed by atoms with van der Waals surface area (Å²) in [5.41, 5.74) is 5.51. The monoisotopic (exact) mass is 378 g/mol. The Labute approximate surface area is 167 Å². The maximum atomic E-state index is 13.0. The number of rotatable bonds is 4. The molecule has 0 N–H and O–H groups in total. The molecule has 5 heteroatoms. The predicted molar refractivity (Wildman–Crippen MR) is 112 cm³/mol. The number of aromatic nitrogens is 2. The lowest BCUT2D eigenvalue weighted by molar-refractivity contribution is 0.0763. The van der Waals surface area contributed by atoms with Crippen molar-refractivity contribution in [3.8, 4) is 0 Å². The van der Waals surface area contributed by atoms with Gasteiger partial charge in [0.15, 0.2) is 0 Å². The molecule has 28 heavy (non-hydrogen) atoms. The molecule has 2 aliphatic heterocycles. The van der Waals surface area contributed by atoms with Gasteiger partial charge in [-0.05, 0) is 55.9 Å². The third-order valence-corrected chi connectivity index (χ3v) is 5.95. The Bertz CT molecular complexity index is 840. The van der Waals surface area contributed by atoms with E-state index in [9.17, 15) is 4.79 Å². The van der Waals surface area contributed by atoms with Gasteiger partial charge >= 0.3 is 0 Å². The van der Waals surface area contributed by atoms with E-state index >= 15 is 0 Å². The highest BCUT2D eigenvalue weighted by molar-refractivity contribution is 5.94. The van der Waals surface area contributed by atoms with E-state index in [-0.39, 0.29) is 5.91 Å². The second-order valence-corrected chi connectivity index (χ2v) is 7.97. The van der Waals surface area contributed by atoms with Crippen LogP contribution < -0.4 is 4.90 Å². The van der Waals surface area contributed by atoms with Crippen LogP contribution in [0.25, 0.3) is 0 Å². The maximum Gasteiger partial charge on any atom is 0.253 e. The fraction of sp³-hybridized carbons (Fsp3) is 0.522. The summed E-state index contributed by atoms with van der Waals surface area (Å²) in [6.45, 7) is 7.82. The minimum Gasteiger partial charge on any atom is -0.341 e. The van der Waals surface area contributed by atoms with Crippen LogP contribution in [-0.4, -0.2) is 47.0 Å². The van der Waals surface area contributed by atoms with Gasteiger partial charge in [0, 0.05) is 43.9 Å². The van der Waals surface area contributed by atoms with Gasteiger partial charge < -0.3 is 9.80 Å². The molecular formula is C23H30N4O. The first-order valence-corrected chi connectivity index (χ1v) is 10.6. The van der Waals surface area contributed by atoms with Crippen molar-refractivity contribution in [1.82, 2.24) is 14.9 Å². The average molecular weight is 379 g/mol. The number of aryl methyl sites for hydroxylation is 2. The molecule has 2 aromatic rings. The molecule has 0 aliphatic carbocycles. The van der Waals surface area contributed by atoms with Crippen LogP contribution in [0.3, 0.4) is 0 Å². The van der Waals surface area contributed by atoms with E-state index in [1.165, 1.54) is 24.0 Å². The van der Waals surface area contributed by atoms with Crippen molar-refractivity contribution in [1.29, 1.82) is 0 Å². The van der Waals surface area contributed by atoms with Crippen LogP contribution in [0.4, 0.5) is 5.95 Å². The minimum absolute atomic E-state index is 0.126. The van der Waals surface area contributed by atoms with Crippen molar-refractivity contribution in [2.24, 2.45) is 0 Å². The van der Waals surface area contributed by atoms with Crippen molar-refractivity contribution in [3.05, 3.63) is 52.3 Å². The van der Waals surface area contributed by atoms with Crippen molar-refractivity contribution in [2.75, 3.05) is 31.1 Å². The Kier molecular flexibility index (Phi) is 5.60. The van der Waals surface area contributed by atoms with E-state index in [4.69, 9.17) is 9.97 Å². The van der Waals surface area contributed by atoms with E-state index in [2.05, 4.69) is 30.9 Å². The number of carbonyl (C=O) groups excluding carboxylic acids is 1. The van der Waals surface area contributed by atoms with Crippen LogP contribution in [0.15, 0.2) is 24.3 Å². The van der Waals surface area contributed by atoms with Gasteiger partial charge in [-0.15, -0.1) is 0 Å². The Morgan fingerprint density at radius 2 is 1.71 bits per heavy atom. The molecule has 1 fully saturated rings. The number of benzene rings is 1. The summed E-state index contributed by atoms with van der Waals surface area (Å²) in [7, 11) is 0. The van der Waals surface area contributed by atoms with Crippen LogP contribution in [-0.2, 0) is 19.3 Å². The lowest BCUT2D eigenvalue weighted by Gasteiger charge is -2.20. The molecular weight excluding hydrogens is 348 g/mol. The Hall–Kier alpha value is -2.43. The van der Waals surface area contributed by atoms with Crippen LogP contribution in [0.5, 0.6) is 0 Å². The van der Waals surface area contributed by atoms with Crippen molar-refractivity contribution < 1.29 is 4.79 Å². The largest absolute Gasteiger partial charge is 0.341 e. The van der Waals surface area contributed by atoms with Gasteiger partial charge in [0.1, 0.15) is 0 Å². The standard InChI is InChI=1S/C23H30N4O/c1-3-6-18-7-9-19(10-8-18)22(28)26-15-11-20-17(2)24-23(25-21(20)12-16-26)27-13-4-5-14-27/h7-10H,3-6,11-16H2,1-2H3. The van der Waals surface area contributed by atoms with Crippen LogP contribution in [0.1, 0.15) is 59.1 Å². The van der Waals surface area contributed by atoms with Crippen molar-refractivity contribution in [2.45, 2.75) is 52.4 Å². The molecule has 0 spiro atoms. The summed E-state index contributed by atoms with van der Waals surface area (Å²) in [6.07, 6.45) is 6.26. The fourth-order valence-corrected chi connectivity index (χ4v) is 4.32. The molecule has 0 unspecified atom stereocenters. The van der Waals surface area contributed by atoms with Gasteiger partial charge in [-0.25, -0.2) is 9.97 Å². The third kappa shape index (κ3) is 3.89. The normalized spacial score (nSPS) is 16.8. The molecule has 1 aromatic carbocycles. The number of hydrogen-bond donors (Lipinski definition) is 0. The van der Waals surface area contributed by atoms with E-state index in [0.29, 0.717) is 0 Å². The number of nitrogens with zero attached hydrogens (tertiary/aromatic N) is 4. The summed E-state index contributed by atoms with van der Waals surface area (Å²) in [5, 5.41) is 0. The molecule has 3 heterocycles. The van der Waals surface area contributed by atoms with Gasteiger partial charge in [-0.1, -0.05) is 25.5 Å². The zero-order valence-electron chi connectivity index (χ0n) is 17.1. The van der Waals surface area contributed by atoms with Crippen molar-refractivity contribution in [3.63, 3.8) is 0 Å². The molecule has 0 saturated carbocycles. The topological polar surface area (TPSA) is 49.3 Å². The summed E-state index contributed by atoms with van der Waals surface area (Å²) in [5.74, 6) is 1.00. The van der Waals surface area contributed by atoms with E-state index in [0.717, 1.165) is 74.8 Å². The first kappa shape index (κ1) is 18.9. The minimum atomic E-state index is 0.126. The molecule has 1 amide bonds. The smallest absolute Gasteiger partial charge is 0.253 e. The molecule has 0 radical (unpaired) electrons. The lowest BCUT2D eigenvalue weighted by atomic mass is 10.1. The van der Waals surface area contributed by atoms with Gasteiger partial charge in [0.2, 0.25) is 5.95 Å². The number of amides is 1. The lowest BCUT2D eigenvalue weighted by Crippen LogP contribution is -2.33. The zero-order chi connectivity index (χ0) is 19.5. The van der Waals surface area contributed by atoms with Crippen LogP contribution in [0.2, 0.25) is 0 Å². The average Bonchev–Trinajstić information content (AvgIpc) is 3.16. The third-order valence-electron chi connectivity index (χ3n) is 5.95. The summed E-state index contributed by atoms with van der Waals surface area (Å²) in [6, 6.07) is 8.12. The van der Waals surface area contributed by atoms with Crippen LogP contribution >= 0.6 is 0 Å². The number of carbonyl (C=O) groups is 1. The van der Waals surface area contributed by atoms with E-state index in [1.54, 1.807) is 0 Å². The molecule has 1 aromatic heterocycles. The van der Waals surface area contributed by atoms with Crippen molar-refractivity contribution >= 4 is 11.9 Å². The van der Waals surface area contributed by atoms with E-state index in [1.807, 2.05) is 17.0 Å². The first-order valence-electron chi connectivity index (χ1n) is 10.6. The first-order chi connectivity index (χ1) is 13.7. The predicted octanol–water partition coefficient (Wildman–Crippen LogP) is 3.58. The molecule has 0 bridgehead atoms. The Balaban J connectivity index is 1.49. The summed E-state index contributed by atoms with van der Waals surface area (Å²) >= 11 is 0. The second kappa shape index (κ2) is 8.29. The van der Waals surface area contributed by atoms with Gasteiger partial charge in [-0.2, -0.15) is 0 Å². The quantitative estimate of drug-likeness (QED) is 0.816. The SMILES string of the molecule is CCCc1ccc(C(=O)N2CCc3nc(N4CCCC4)nc(C)c3CC2)cc1. The molecule has 2 aliphatic rings. The highest BCUT2D eigenvalue weighted by Gasteiger charge is 2.24. The summed E-state index contributed by atoms with van der Waals surface area (Å²) in [4.78, 5) is 27.0. The molecule has 148 valence electrons. The number of hydrogen-bond acceptors (Lipinski definition) is 4. The number of anilines is 1. The van der Waals surface area contributed by atoms with Crippen LogP contribution in [0, 0.1) is 6.92 Å². The van der Waals surface area contributed by atoms with Gasteiger partial charge in [-0.3, -0.25) is 4.79 Å². The number of fused-ring (bicyclic) bond motifs is 1. The zero-order valence-corrected chi connectivity index (χ0v) is 17.1. The maximum absolute atomic E-state index is 13.0. The summed E-state index contributed by atoms with van der Waals surface area (Å²) < 4.78 is 0. The molecule has 1 saturated heterocycles. The highest BCUT2D eigenvalue weighted by atomic mass is 16.2. The second-order valence-electron chi connectivity index (χ2n) is 7.97. The molecule has 5 nitrogen and oxygen atoms in total. The molecule has 0 atom stereocenters. The Morgan fingerprint density at radius 3 is 2.43 bits per heavy atom. The fourth-order valence-electron chi connectivity index (χ4n) is 4.32. The molecule has 4 rings (SSSR count). The van der Waals surface area contributed by atoms with Gasteiger partial charge in [0.05, 0.1) is 5.69 Å². The highest BCUT2D eigenvalue weighted by Crippen LogP contribution is 2.23.